The highest BCUT2D eigenvalue weighted by Gasteiger charge is 2.24. The first-order chi connectivity index (χ1) is 7.06. The Morgan fingerprint density at radius 3 is 2.67 bits per heavy atom. The first kappa shape index (κ1) is 11.5. The SMILES string of the molecule is C=CC(=O)OCC(C)(O)c1ccccc1. The fourth-order valence-electron chi connectivity index (χ4n) is 1.15. The molecule has 0 bridgehead atoms. The molecule has 0 amide bonds. The lowest BCUT2D eigenvalue weighted by atomic mass is 9.97. The molecule has 0 saturated heterocycles. The minimum absolute atomic E-state index is 0.0815. The molecule has 3 nitrogen and oxygen atoms in total. The van der Waals surface area contributed by atoms with Crippen LogP contribution in [0.3, 0.4) is 0 Å². The summed E-state index contributed by atoms with van der Waals surface area (Å²) in [5, 5.41) is 10.0. The summed E-state index contributed by atoms with van der Waals surface area (Å²) in [4.78, 5) is 10.8. The second-order valence-electron chi connectivity index (χ2n) is 3.45. The van der Waals surface area contributed by atoms with Crippen molar-refractivity contribution < 1.29 is 14.6 Å². The van der Waals surface area contributed by atoms with E-state index in [1.165, 1.54) is 0 Å². The van der Waals surface area contributed by atoms with Gasteiger partial charge in [-0.1, -0.05) is 36.9 Å². The molecule has 15 heavy (non-hydrogen) atoms. The Labute approximate surface area is 89.0 Å². The summed E-state index contributed by atoms with van der Waals surface area (Å²) in [6.45, 7) is 4.79. The van der Waals surface area contributed by atoms with Gasteiger partial charge in [-0.05, 0) is 12.5 Å². The number of aliphatic hydroxyl groups is 1. The van der Waals surface area contributed by atoms with Crippen LogP contribution in [0.2, 0.25) is 0 Å². The van der Waals surface area contributed by atoms with Crippen LogP contribution >= 0.6 is 0 Å². The molecule has 0 heterocycles. The largest absolute Gasteiger partial charge is 0.459 e. The highest BCUT2D eigenvalue weighted by atomic mass is 16.5. The van der Waals surface area contributed by atoms with Gasteiger partial charge in [0.2, 0.25) is 0 Å². The van der Waals surface area contributed by atoms with Gasteiger partial charge in [-0.2, -0.15) is 0 Å². The quantitative estimate of drug-likeness (QED) is 0.601. The zero-order valence-electron chi connectivity index (χ0n) is 8.64. The van der Waals surface area contributed by atoms with Crippen molar-refractivity contribution in [3.8, 4) is 0 Å². The van der Waals surface area contributed by atoms with Crippen molar-refractivity contribution >= 4 is 5.97 Å². The topological polar surface area (TPSA) is 46.5 Å². The van der Waals surface area contributed by atoms with Gasteiger partial charge >= 0.3 is 5.97 Å². The molecule has 0 aliphatic rings. The first-order valence-electron chi connectivity index (χ1n) is 4.63. The Kier molecular flexibility index (Phi) is 3.63. The molecule has 1 unspecified atom stereocenters. The van der Waals surface area contributed by atoms with Gasteiger partial charge in [0.25, 0.3) is 0 Å². The number of esters is 1. The summed E-state index contributed by atoms with van der Waals surface area (Å²) in [7, 11) is 0. The lowest BCUT2D eigenvalue weighted by Crippen LogP contribution is -2.28. The molecule has 1 rings (SSSR count). The van der Waals surface area contributed by atoms with Crippen LogP contribution in [-0.2, 0) is 15.1 Å². The van der Waals surface area contributed by atoms with Gasteiger partial charge in [0.05, 0.1) is 0 Å². The Balaban J connectivity index is 2.67. The van der Waals surface area contributed by atoms with Gasteiger partial charge in [-0.3, -0.25) is 0 Å². The van der Waals surface area contributed by atoms with Crippen LogP contribution in [-0.4, -0.2) is 17.7 Å². The van der Waals surface area contributed by atoms with Crippen LogP contribution in [0.15, 0.2) is 43.0 Å². The molecular formula is C12H14O3. The molecule has 3 heteroatoms. The smallest absolute Gasteiger partial charge is 0.330 e. The number of carbonyl (C=O) groups is 1. The number of hydrogen-bond acceptors (Lipinski definition) is 3. The fourth-order valence-corrected chi connectivity index (χ4v) is 1.15. The summed E-state index contributed by atoms with van der Waals surface area (Å²) in [6.07, 6.45) is 1.07. The maximum atomic E-state index is 10.8. The molecule has 80 valence electrons. The molecule has 0 spiro atoms. The van der Waals surface area contributed by atoms with Crippen LogP contribution < -0.4 is 0 Å². The van der Waals surface area contributed by atoms with E-state index in [1.54, 1.807) is 19.1 Å². The van der Waals surface area contributed by atoms with Crippen LogP contribution in [0.25, 0.3) is 0 Å². The normalized spacial score (nSPS) is 14.0. The van der Waals surface area contributed by atoms with Crippen molar-refractivity contribution in [3.05, 3.63) is 48.6 Å². The van der Waals surface area contributed by atoms with E-state index >= 15 is 0 Å². The number of ether oxygens (including phenoxy) is 1. The third-order valence-corrected chi connectivity index (χ3v) is 2.06. The van der Waals surface area contributed by atoms with Gasteiger partial charge in [-0.25, -0.2) is 4.79 Å². The molecule has 0 aliphatic heterocycles. The predicted octanol–water partition coefficient (Wildman–Crippen LogP) is 1.62. The summed E-state index contributed by atoms with van der Waals surface area (Å²) in [5.74, 6) is -0.536. The maximum Gasteiger partial charge on any atom is 0.330 e. The molecule has 1 atom stereocenters. The van der Waals surface area contributed by atoms with Gasteiger partial charge in [-0.15, -0.1) is 0 Å². The molecule has 0 aromatic heterocycles. The van der Waals surface area contributed by atoms with Crippen LogP contribution in [0.5, 0.6) is 0 Å². The average molecular weight is 206 g/mol. The standard InChI is InChI=1S/C12H14O3/c1-3-11(13)15-9-12(2,14)10-7-5-4-6-8-10/h3-8,14H,1,9H2,2H3. The first-order valence-corrected chi connectivity index (χ1v) is 4.63. The van der Waals surface area contributed by atoms with E-state index in [0.29, 0.717) is 5.56 Å². The van der Waals surface area contributed by atoms with E-state index < -0.39 is 11.6 Å². The lowest BCUT2D eigenvalue weighted by molar-refractivity contribution is -0.145. The van der Waals surface area contributed by atoms with E-state index in [9.17, 15) is 9.90 Å². The van der Waals surface area contributed by atoms with Crippen molar-refractivity contribution in [1.82, 2.24) is 0 Å². The molecule has 1 N–H and O–H groups in total. The summed E-state index contributed by atoms with van der Waals surface area (Å²) >= 11 is 0. The van der Waals surface area contributed by atoms with E-state index in [4.69, 9.17) is 4.74 Å². The third-order valence-electron chi connectivity index (χ3n) is 2.06. The average Bonchev–Trinajstić information content (AvgIpc) is 2.27. The number of benzene rings is 1. The minimum atomic E-state index is -1.17. The van der Waals surface area contributed by atoms with Crippen molar-refractivity contribution in [2.75, 3.05) is 6.61 Å². The van der Waals surface area contributed by atoms with Gasteiger partial charge in [0.15, 0.2) is 0 Å². The van der Waals surface area contributed by atoms with Crippen LogP contribution in [0, 0.1) is 0 Å². The summed E-state index contributed by atoms with van der Waals surface area (Å²) in [5.41, 5.74) is -0.457. The van der Waals surface area contributed by atoms with E-state index in [0.717, 1.165) is 6.08 Å². The van der Waals surface area contributed by atoms with Crippen molar-refractivity contribution in [1.29, 1.82) is 0 Å². The lowest BCUT2D eigenvalue weighted by Gasteiger charge is -2.22. The summed E-state index contributed by atoms with van der Waals surface area (Å²) in [6, 6.07) is 9.05. The van der Waals surface area contributed by atoms with Gasteiger partial charge < -0.3 is 9.84 Å². The van der Waals surface area contributed by atoms with Crippen molar-refractivity contribution in [2.24, 2.45) is 0 Å². The molecule has 0 radical (unpaired) electrons. The zero-order chi connectivity index (χ0) is 11.3. The number of rotatable bonds is 4. The van der Waals surface area contributed by atoms with Crippen LogP contribution in [0.1, 0.15) is 12.5 Å². The number of hydrogen-bond donors (Lipinski definition) is 1. The second-order valence-corrected chi connectivity index (χ2v) is 3.45. The third kappa shape index (κ3) is 3.22. The predicted molar refractivity (Wildman–Crippen MR) is 57.2 cm³/mol. The van der Waals surface area contributed by atoms with Gasteiger partial charge in [0.1, 0.15) is 12.2 Å². The number of carbonyl (C=O) groups excluding carboxylic acids is 1. The maximum absolute atomic E-state index is 10.8. The Morgan fingerprint density at radius 1 is 1.53 bits per heavy atom. The van der Waals surface area contributed by atoms with Crippen molar-refractivity contribution in [2.45, 2.75) is 12.5 Å². The monoisotopic (exact) mass is 206 g/mol. The molecular weight excluding hydrogens is 192 g/mol. The Bertz CT molecular complexity index is 341. The van der Waals surface area contributed by atoms with E-state index in [-0.39, 0.29) is 6.61 Å². The summed E-state index contributed by atoms with van der Waals surface area (Å²) < 4.78 is 4.80. The Hall–Kier alpha value is -1.61. The Morgan fingerprint density at radius 2 is 2.13 bits per heavy atom. The van der Waals surface area contributed by atoms with Crippen LogP contribution in [0.4, 0.5) is 0 Å². The highest BCUT2D eigenvalue weighted by molar-refractivity contribution is 5.81. The van der Waals surface area contributed by atoms with Crippen molar-refractivity contribution in [3.63, 3.8) is 0 Å². The molecule has 0 saturated carbocycles. The fraction of sp³-hybridized carbons (Fsp3) is 0.250. The second kappa shape index (κ2) is 4.75. The minimum Gasteiger partial charge on any atom is -0.459 e. The molecule has 0 aliphatic carbocycles. The van der Waals surface area contributed by atoms with E-state index in [1.807, 2.05) is 18.2 Å². The zero-order valence-corrected chi connectivity index (χ0v) is 8.64. The molecule has 1 aromatic rings. The molecule has 0 fully saturated rings. The molecule has 1 aromatic carbocycles. The van der Waals surface area contributed by atoms with Gasteiger partial charge in [0, 0.05) is 6.08 Å². The highest BCUT2D eigenvalue weighted by Crippen LogP contribution is 2.20. The van der Waals surface area contributed by atoms with E-state index in [2.05, 4.69) is 6.58 Å².